The van der Waals surface area contributed by atoms with Crippen LogP contribution in [0, 0.1) is 0 Å². The highest BCUT2D eigenvalue weighted by Gasteiger charge is 2.19. The van der Waals surface area contributed by atoms with E-state index >= 15 is 0 Å². The third kappa shape index (κ3) is 58.1. The summed E-state index contributed by atoms with van der Waals surface area (Å²) in [5.74, 6) is -1.01. The molecule has 0 spiro atoms. The Balaban J connectivity index is 4.53. The molecule has 0 aromatic rings. The largest absolute Gasteiger partial charge is 0.462 e. The fourth-order valence-electron chi connectivity index (χ4n) is 7.42. The molecule has 0 bridgehead atoms. The first-order valence-electron chi connectivity index (χ1n) is 29.3. The van der Waals surface area contributed by atoms with E-state index in [-0.39, 0.29) is 37.5 Å². The topological polar surface area (TPSA) is 78.9 Å². The van der Waals surface area contributed by atoms with Gasteiger partial charge in [-0.1, -0.05) is 231 Å². The van der Waals surface area contributed by atoms with Gasteiger partial charge in [-0.05, 0) is 135 Å². The van der Waals surface area contributed by atoms with Crippen LogP contribution in [0.25, 0.3) is 0 Å². The van der Waals surface area contributed by atoms with Crippen molar-refractivity contribution in [2.24, 2.45) is 0 Å². The summed E-state index contributed by atoms with van der Waals surface area (Å²) in [7, 11) is 0. The summed E-state index contributed by atoms with van der Waals surface area (Å²) in [4.78, 5) is 38.2. The molecule has 6 heteroatoms. The van der Waals surface area contributed by atoms with Crippen LogP contribution in [-0.4, -0.2) is 37.2 Å². The van der Waals surface area contributed by atoms with Gasteiger partial charge in [0.25, 0.3) is 0 Å². The average molecular weight is 1010 g/mol. The molecule has 410 valence electrons. The minimum Gasteiger partial charge on any atom is -0.462 e. The SMILES string of the molecule is CC/C=C\C/C=C\C/C=C\C/C=C\C/C=C\C/C=C\C/C=C\CCCC(=O)OCC(COC(=O)CCCCCCC/C=C\C/C=C\CCC)OC(=O)CCCCCCCC/C=C\C/C=C\C/C=C\CCCCC. The zero-order valence-corrected chi connectivity index (χ0v) is 46.8. The summed E-state index contributed by atoms with van der Waals surface area (Å²) in [5, 5.41) is 0. The number of carbonyl (C=O) groups excluding carboxylic acids is 3. The Hall–Kier alpha value is -4.71. The maximum atomic E-state index is 12.9. The Kier molecular flexibility index (Phi) is 56.0. The molecule has 73 heavy (non-hydrogen) atoms. The molecular weight excluding hydrogens is 901 g/mol. The Bertz CT molecular complexity index is 1630. The first kappa shape index (κ1) is 68.3. The monoisotopic (exact) mass is 1010 g/mol. The van der Waals surface area contributed by atoms with Gasteiger partial charge in [0.2, 0.25) is 0 Å². The van der Waals surface area contributed by atoms with Gasteiger partial charge >= 0.3 is 17.9 Å². The van der Waals surface area contributed by atoms with E-state index < -0.39 is 6.10 Å². The highest BCUT2D eigenvalue weighted by molar-refractivity contribution is 5.71. The Morgan fingerprint density at radius 1 is 0.288 bits per heavy atom. The number of hydrogen-bond acceptors (Lipinski definition) is 6. The maximum absolute atomic E-state index is 12.9. The molecule has 1 unspecified atom stereocenters. The van der Waals surface area contributed by atoms with Crippen LogP contribution in [0.1, 0.15) is 239 Å². The Morgan fingerprint density at radius 3 is 0.945 bits per heavy atom. The number of hydrogen-bond donors (Lipinski definition) is 0. The third-order valence-electron chi connectivity index (χ3n) is 11.8. The van der Waals surface area contributed by atoms with Crippen LogP contribution in [0.5, 0.6) is 0 Å². The van der Waals surface area contributed by atoms with Gasteiger partial charge in [-0.15, -0.1) is 0 Å². The van der Waals surface area contributed by atoms with Crippen molar-refractivity contribution >= 4 is 17.9 Å². The molecule has 0 fully saturated rings. The van der Waals surface area contributed by atoms with Gasteiger partial charge < -0.3 is 14.2 Å². The predicted octanol–water partition coefficient (Wildman–Crippen LogP) is 20.0. The molecule has 0 aromatic carbocycles. The van der Waals surface area contributed by atoms with Crippen molar-refractivity contribution in [1.82, 2.24) is 0 Å². The van der Waals surface area contributed by atoms with Gasteiger partial charge in [0.15, 0.2) is 6.10 Å². The quantitative estimate of drug-likeness (QED) is 0.0261. The number of unbranched alkanes of at least 4 members (excludes halogenated alkanes) is 16. The smallest absolute Gasteiger partial charge is 0.306 e. The normalized spacial score (nSPS) is 13.2. The van der Waals surface area contributed by atoms with Gasteiger partial charge in [-0.2, -0.15) is 0 Å². The second-order valence-corrected chi connectivity index (χ2v) is 18.8. The van der Waals surface area contributed by atoms with Crippen LogP contribution >= 0.6 is 0 Å². The standard InChI is InChI=1S/C67H106O6/c1-4-7-10-13-16-19-22-25-27-29-31-32-33-34-36-37-39-42-45-48-51-54-57-60-66(69)72-63-64(62-71-65(68)59-56-53-50-47-44-41-24-21-18-15-12-9-6-3)73-67(70)61-58-55-52-49-46-43-40-38-35-30-28-26-23-20-17-14-11-8-5-2/h7,10,12,15-17,19-21,24-28,31-32,34-36,38-39,42,48,51,64H,4-6,8-9,11,13-14,18,22-23,29-30,33,37,40-41,43-47,49-50,52-63H2,1-3H3/b10-7-,15-12-,19-16-,20-17-,24-21-,27-25-,28-26-,32-31-,36-34-,38-35-,42-39-,51-48-. The van der Waals surface area contributed by atoms with Crippen molar-refractivity contribution < 1.29 is 28.6 Å². The molecule has 1 atom stereocenters. The summed E-state index contributed by atoms with van der Waals surface area (Å²) < 4.78 is 16.8. The molecule has 0 saturated carbocycles. The first-order chi connectivity index (χ1) is 36.0. The van der Waals surface area contributed by atoms with Crippen LogP contribution in [0.4, 0.5) is 0 Å². The van der Waals surface area contributed by atoms with Crippen LogP contribution in [0.15, 0.2) is 146 Å². The van der Waals surface area contributed by atoms with E-state index in [1.165, 1.54) is 44.9 Å². The highest BCUT2D eigenvalue weighted by Crippen LogP contribution is 2.13. The molecule has 0 aliphatic rings. The molecule has 0 saturated heterocycles. The number of ether oxygens (including phenoxy) is 3. The predicted molar refractivity (Wildman–Crippen MR) is 315 cm³/mol. The van der Waals surface area contributed by atoms with E-state index in [1.54, 1.807) is 0 Å². The van der Waals surface area contributed by atoms with Crippen molar-refractivity contribution in [3.05, 3.63) is 146 Å². The van der Waals surface area contributed by atoms with Gasteiger partial charge in [0.05, 0.1) is 0 Å². The van der Waals surface area contributed by atoms with Crippen molar-refractivity contribution in [2.75, 3.05) is 13.2 Å². The van der Waals surface area contributed by atoms with Crippen LogP contribution in [0.3, 0.4) is 0 Å². The Morgan fingerprint density at radius 2 is 0.575 bits per heavy atom. The fraction of sp³-hybridized carbons (Fsp3) is 0.597. The van der Waals surface area contributed by atoms with Gasteiger partial charge in [0, 0.05) is 19.3 Å². The number of rotatable bonds is 51. The first-order valence-corrected chi connectivity index (χ1v) is 29.3. The van der Waals surface area contributed by atoms with E-state index in [0.29, 0.717) is 19.3 Å². The lowest BCUT2D eigenvalue weighted by Crippen LogP contribution is -2.30. The van der Waals surface area contributed by atoms with Crippen molar-refractivity contribution in [3.8, 4) is 0 Å². The van der Waals surface area contributed by atoms with E-state index in [1.807, 2.05) is 0 Å². The lowest BCUT2D eigenvalue weighted by atomic mass is 10.1. The number of esters is 3. The van der Waals surface area contributed by atoms with Crippen molar-refractivity contribution in [2.45, 2.75) is 245 Å². The summed E-state index contributed by atoms with van der Waals surface area (Å²) in [6.45, 7) is 6.35. The maximum Gasteiger partial charge on any atom is 0.306 e. The molecule has 0 aliphatic heterocycles. The van der Waals surface area contributed by atoms with Crippen molar-refractivity contribution in [3.63, 3.8) is 0 Å². The Labute approximate surface area is 448 Å². The van der Waals surface area contributed by atoms with Gasteiger partial charge in [0.1, 0.15) is 13.2 Å². The molecule has 0 aromatic heterocycles. The second-order valence-electron chi connectivity index (χ2n) is 18.8. The van der Waals surface area contributed by atoms with E-state index in [2.05, 4.69) is 167 Å². The van der Waals surface area contributed by atoms with Crippen LogP contribution in [-0.2, 0) is 28.6 Å². The van der Waals surface area contributed by atoms with Crippen LogP contribution in [0.2, 0.25) is 0 Å². The minimum atomic E-state index is -0.822. The zero-order chi connectivity index (χ0) is 52.9. The highest BCUT2D eigenvalue weighted by atomic mass is 16.6. The van der Waals surface area contributed by atoms with Crippen molar-refractivity contribution in [1.29, 1.82) is 0 Å². The minimum absolute atomic E-state index is 0.115. The summed E-state index contributed by atoms with van der Waals surface area (Å²) in [6.07, 6.45) is 85.5. The van der Waals surface area contributed by atoms with E-state index in [4.69, 9.17) is 14.2 Å². The molecule has 0 amide bonds. The van der Waals surface area contributed by atoms with Crippen LogP contribution < -0.4 is 0 Å². The summed E-state index contributed by atoms with van der Waals surface area (Å²) in [5.41, 5.74) is 0. The van der Waals surface area contributed by atoms with Gasteiger partial charge in [-0.25, -0.2) is 0 Å². The zero-order valence-electron chi connectivity index (χ0n) is 46.8. The molecule has 0 N–H and O–H groups in total. The molecule has 0 aliphatic carbocycles. The second kappa shape index (κ2) is 59.8. The molecule has 0 heterocycles. The molecule has 6 nitrogen and oxygen atoms in total. The number of allylic oxidation sites excluding steroid dienone is 24. The van der Waals surface area contributed by atoms with Gasteiger partial charge in [-0.3, -0.25) is 14.4 Å². The number of carbonyl (C=O) groups is 3. The van der Waals surface area contributed by atoms with E-state index in [0.717, 1.165) is 148 Å². The van der Waals surface area contributed by atoms with E-state index in [9.17, 15) is 14.4 Å². The third-order valence-corrected chi connectivity index (χ3v) is 11.8. The molecule has 0 rings (SSSR count). The molecule has 0 radical (unpaired) electrons. The average Bonchev–Trinajstić information content (AvgIpc) is 3.39. The summed E-state index contributed by atoms with van der Waals surface area (Å²) >= 11 is 0. The lowest BCUT2D eigenvalue weighted by Gasteiger charge is -2.18. The molecular formula is C67H106O6. The summed E-state index contributed by atoms with van der Waals surface area (Å²) in [6, 6.07) is 0. The lowest BCUT2D eigenvalue weighted by molar-refractivity contribution is -0.167. The fourth-order valence-corrected chi connectivity index (χ4v) is 7.42.